The SMILES string of the molecule is CCc1nnc(Sc2ccccc2Br)c(CN)c1CC. The Labute approximate surface area is 132 Å². The van der Waals surface area contributed by atoms with Gasteiger partial charge in [0.15, 0.2) is 0 Å². The molecular formula is C15H18BrN3S. The molecule has 0 aliphatic carbocycles. The van der Waals surface area contributed by atoms with Gasteiger partial charge in [-0.1, -0.05) is 37.7 Å². The molecule has 0 bridgehead atoms. The number of hydrogen-bond donors (Lipinski definition) is 1. The standard InChI is InChI=1S/C15H18BrN3S/c1-3-10-11(9-17)15(19-18-13(10)4-2)20-14-8-6-5-7-12(14)16/h5-8H,3-4,9,17H2,1-2H3. The molecule has 106 valence electrons. The van der Waals surface area contributed by atoms with Gasteiger partial charge in [0.25, 0.3) is 0 Å². The quantitative estimate of drug-likeness (QED) is 0.885. The van der Waals surface area contributed by atoms with E-state index in [1.807, 2.05) is 18.2 Å². The van der Waals surface area contributed by atoms with Crippen LogP contribution in [0, 0.1) is 0 Å². The molecule has 2 aromatic rings. The molecule has 1 aromatic carbocycles. The van der Waals surface area contributed by atoms with Gasteiger partial charge in [-0.3, -0.25) is 0 Å². The highest BCUT2D eigenvalue weighted by atomic mass is 79.9. The Balaban J connectivity index is 2.44. The van der Waals surface area contributed by atoms with Crippen LogP contribution in [0.1, 0.15) is 30.7 Å². The molecule has 0 aliphatic rings. The third-order valence-corrected chi connectivity index (χ3v) is 5.22. The van der Waals surface area contributed by atoms with E-state index in [1.54, 1.807) is 11.8 Å². The van der Waals surface area contributed by atoms with Gasteiger partial charge in [-0.05, 0) is 46.5 Å². The molecule has 0 spiro atoms. The van der Waals surface area contributed by atoms with Gasteiger partial charge in [0.2, 0.25) is 0 Å². The Morgan fingerprint density at radius 2 is 1.85 bits per heavy atom. The summed E-state index contributed by atoms with van der Waals surface area (Å²) in [6, 6.07) is 8.11. The van der Waals surface area contributed by atoms with Crippen molar-refractivity contribution in [3.05, 3.63) is 45.6 Å². The number of aromatic nitrogens is 2. The van der Waals surface area contributed by atoms with Crippen molar-refractivity contribution in [3.63, 3.8) is 0 Å². The average molecular weight is 352 g/mol. The lowest BCUT2D eigenvalue weighted by Gasteiger charge is -2.14. The molecule has 5 heteroatoms. The zero-order valence-electron chi connectivity index (χ0n) is 11.7. The second kappa shape index (κ2) is 7.20. The van der Waals surface area contributed by atoms with Gasteiger partial charge in [-0.2, -0.15) is 5.10 Å². The Morgan fingerprint density at radius 1 is 1.10 bits per heavy atom. The molecule has 20 heavy (non-hydrogen) atoms. The molecule has 0 unspecified atom stereocenters. The first-order chi connectivity index (χ1) is 9.71. The lowest BCUT2D eigenvalue weighted by molar-refractivity contribution is 0.782. The van der Waals surface area contributed by atoms with E-state index in [-0.39, 0.29) is 0 Å². The smallest absolute Gasteiger partial charge is 0.128 e. The van der Waals surface area contributed by atoms with E-state index in [1.165, 1.54) is 5.56 Å². The first-order valence-electron chi connectivity index (χ1n) is 6.70. The summed E-state index contributed by atoms with van der Waals surface area (Å²) < 4.78 is 1.06. The van der Waals surface area contributed by atoms with Crippen molar-refractivity contribution >= 4 is 27.7 Å². The van der Waals surface area contributed by atoms with Gasteiger partial charge in [0.05, 0.1) is 5.69 Å². The summed E-state index contributed by atoms with van der Waals surface area (Å²) in [5.74, 6) is 0. The van der Waals surface area contributed by atoms with E-state index >= 15 is 0 Å². The zero-order valence-corrected chi connectivity index (χ0v) is 14.1. The van der Waals surface area contributed by atoms with Crippen molar-refractivity contribution < 1.29 is 0 Å². The first-order valence-corrected chi connectivity index (χ1v) is 8.31. The lowest BCUT2D eigenvalue weighted by Crippen LogP contribution is -2.10. The van der Waals surface area contributed by atoms with Crippen LogP contribution in [0.2, 0.25) is 0 Å². The van der Waals surface area contributed by atoms with Gasteiger partial charge in [0, 0.05) is 21.5 Å². The molecule has 2 rings (SSSR count). The van der Waals surface area contributed by atoms with Crippen LogP contribution in [0.15, 0.2) is 38.7 Å². The topological polar surface area (TPSA) is 51.8 Å². The molecule has 0 amide bonds. The minimum Gasteiger partial charge on any atom is -0.326 e. The fourth-order valence-corrected chi connectivity index (χ4v) is 3.61. The van der Waals surface area contributed by atoms with E-state index < -0.39 is 0 Å². The van der Waals surface area contributed by atoms with Crippen LogP contribution in [0.3, 0.4) is 0 Å². The van der Waals surface area contributed by atoms with E-state index in [2.05, 4.69) is 46.0 Å². The minimum absolute atomic E-state index is 0.498. The summed E-state index contributed by atoms with van der Waals surface area (Å²) in [4.78, 5) is 1.13. The van der Waals surface area contributed by atoms with Gasteiger partial charge < -0.3 is 5.73 Å². The number of nitrogens with zero attached hydrogens (tertiary/aromatic N) is 2. The van der Waals surface area contributed by atoms with Crippen molar-refractivity contribution in [2.75, 3.05) is 0 Å². The van der Waals surface area contributed by atoms with Crippen molar-refractivity contribution in [3.8, 4) is 0 Å². The highest BCUT2D eigenvalue weighted by molar-refractivity contribution is 9.10. The molecule has 0 saturated heterocycles. The number of aryl methyl sites for hydroxylation is 1. The van der Waals surface area contributed by atoms with Crippen molar-refractivity contribution in [2.24, 2.45) is 5.73 Å². The van der Waals surface area contributed by atoms with E-state index in [0.717, 1.165) is 38.5 Å². The van der Waals surface area contributed by atoms with Crippen LogP contribution >= 0.6 is 27.7 Å². The molecule has 3 nitrogen and oxygen atoms in total. The van der Waals surface area contributed by atoms with Crippen LogP contribution in [0.5, 0.6) is 0 Å². The number of benzene rings is 1. The van der Waals surface area contributed by atoms with Gasteiger partial charge in [0.1, 0.15) is 5.03 Å². The Morgan fingerprint density at radius 3 is 2.45 bits per heavy atom. The van der Waals surface area contributed by atoms with E-state index in [0.29, 0.717) is 6.54 Å². The largest absolute Gasteiger partial charge is 0.326 e. The van der Waals surface area contributed by atoms with Gasteiger partial charge >= 0.3 is 0 Å². The lowest BCUT2D eigenvalue weighted by atomic mass is 10.0. The van der Waals surface area contributed by atoms with E-state index in [4.69, 9.17) is 5.73 Å². The summed E-state index contributed by atoms with van der Waals surface area (Å²) in [6.07, 6.45) is 1.83. The number of rotatable bonds is 5. The van der Waals surface area contributed by atoms with Crippen LogP contribution in [0.25, 0.3) is 0 Å². The maximum absolute atomic E-state index is 5.95. The molecule has 2 N–H and O–H groups in total. The predicted molar refractivity (Wildman–Crippen MR) is 86.9 cm³/mol. The number of halogens is 1. The molecule has 0 fully saturated rings. The second-order valence-electron chi connectivity index (χ2n) is 4.35. The molecular weight excluding hydrogens is 334 g/mol. The normalized spacial score (nSPS) is 10.8. The summed E-state index contributed by atoms with van der Waals surface area (Å²) in [7, 11) is 0. The highest BCUT2D eigenvalue weighted by Gasteiger charge is 2.15. The summed E-state index contributed by atoms with van der Waals surface area (Å²) >= 11 is 5.18. The number of nitrogens with two attached hydrogens (primary N) is 1. The second-order valence-corrected chi connectivity index (χ2v) is 6.24. The maximum Gasteiger partial charge on any atom is 0.128 e. The molecule has 0 saturated carbocycles. The third-order valence-electron chi connectivity index (χ3n) is 3.17. The van der Waals surface area contributed by atoms with Crippen molar-refractivity contribution in [1.82, 2.24) is 10.2 Å². The fourth-order valence-electron chi connectivity index (χ4n) is 2.16. The van der Waals surface area contributed by atoms with Crippen molar-refractivity contribution in [2.45, 2.75) is 43.2 Å². The third kappa shape index (κ3) is 3.22. The molecule has 0 aliphatic heterocycles. The van der Waals surface area contributed by atoms with Crippen LogP contribution in [0.4, 0.5) is 0 Å². The molecule has 0 atom stereocenters. The van der Waals surface area contributed by atoms with Crippen LogP contribution < -0.4 is 5.73 Å². The van der Waals surface area contributed by atoms with Gasteiger partial charge in [-0.15, -0.1) is 5.10 Å². The van der Waals surface area contributed by atoms with Crippen LogP contribution in [-0.2, 0) is 19.4 Å². The fraction of sp³-hybridized carbons (Fsp3) is 0.333. The molecule has 0 radical (unpaired) electrons. The molecule has 1 aromatic heterocycles. The maximum atomic E-state index is 5.95. The Kier molecular flexibility index (Phi) is 5.57. The number of hydrogen-bond acceptors (Lipinski definition) is 4. The highest BCUT2D eigenvalue weighted by Crippen LogP contribution is 2.35. The molecule has 1 heterocycles. The average Bonchev–Trinajstić information content (AvgIpc) is 2.48. The Hall–Kier alpha value is -0.910. The predicted octanol–water partition coefficient (Wildman–Crippen LogP) is 3.97. The summed E-state index contributed by atoms with van der Waals surface area (Å²) in [5.41, 5.74) is 9.38. The summed E-state index contributed by atoms with van der Waals surface area (Å²) in [5, 5.41) is 9.65. The van der Waals surface area contributed by atoms with E-state index in [9.17, 15) is 0 Å². The first kappa shape index (κ1) is 15.5. The zero-order chi connectivity index (χ0) is 14.5. The minimum atomic E-state index is 0.498. The van der Waals surface area contributed by atoms with Gasteiger partial charge in [-0.25, -0.2) is 0 Å². The monoisotopic (exact) mass is 351 g/mol. The van der Waals surface area contributed by atoms with Crippen molar-refractivity contribution in [1.29, 1.82) is 0 Å². The Bertz CT molecular complexity index is 602. The van der Waals surface area contributed by atoms with Crippen LogP contribution in [-0.4, -0.2) is 10.2 Å². The summed E-state index contributed by atoms with van der Waals surface area (Å²) in [6.45, 7) is 4.74.